The number of nitrogens with one attached hydrogen (secondary N) is 2. The van der Waals surface area contributed by atoms with Gasteiger partial charge in [-0.15, -0.1) is 0 Å². The molecule has 14 nitrogen and oxygen atoms in total. The summed E-state index contributed by atoms with van der Waals surface area (Å²) in [6.07, 6.45) is 2.34. The number of benzene rings is 1. The van der Waals surface area contributed by atoms with Gasteiger partial charge in [-0.1, -0.05) is 12.1 Å². The number of nitrogens with zero attached hydrogens (tertiary/aromatic N) is 8. The SMILES string of the molecule is Cn1c(=O)n(C2CCC(=O)NC2=O)c2cccc(N3CC(F)(CN(C)[C@H]4CC[C@H](n5cc6cc(NC(=O)c7cccc(C(F)(F)F)n7)ncc6n5)CC4)C3)c21. The van der Waals surface area contributed by atoms with E-state index in [0.717, 1.165) is 37.8 Å². The van der Waals surface area contributed by atoms with Crippen LogP contribution in [0, 0.1) is 0 Å². The van der Waals surface area contributed by atoms with Crippen LogP contribution in [0.1, 0.15) is 66.8 Å². The Morgan fingerprint density at radius 3 is 2.53 bits per heavy atom. The van der Waals surface area contributed by atoms with E-state index in [4.69, 9.17) is 0 Å². The van der Waals surface area contributed by atoms with Crippen LogP contribution in [-0.2, 0) is 22.8 Å². The number of alkyl halides is 4. The molecule has 3 fully saturated rings. The monoisotopic (exact) mass is 762 g/mol. The van der Waals surface area contributed by atoms with Crippen molar-refractivity contribution < 1.29 is 31.9 Å². The van der Waals surface area contributed by atoms with Gasteiger partial charge in [0.2, 0.25) is 11.8 Å². The van der Waals surface area contributed by atoms with E-state index in [-0.39, 0.29) is 67.7 Å². The van der Waals surface area contributed by atoms with Gasteiger partial charge in [0.1, 0.15) is 28.8 Å². The fourth-order valence-corrected chi connectivity index (χ4v) is 8.25. The van der Waals surface area contributed by atoms with Gasteiger partial charge in [-0.05, 0) is 69.5 Å². The average Bonchev–Trinajstić information content (AvgIpc) is 3.68. The van der Waals surface area contributed by atoms with Gasteiger partial charge in [0.15, 0.2) is 5.67 Å². The van der Waals surface area contributed by atoms with E-state index in [1.807, 2.05) is 28.9 Å². The number of aromatic nitrogens is 6. The fraction of sp³-hybridized carbons (Fsp3) is 0.432. The number of imide groups is 1. The van der Waals surface area contributed by atoms with E-state index in [2.05, 4.69) is 30.6 Å². The van der Waals surface area contributed by atoms with Crippen molar-refractivity contribution in [3.05, 3.63) is 76.7 Å². The third kappa shape index (κ3) is 6.83. The Balaban J connectivity index is 0.872. The van der Waals surface area contributed by atoms with Crippen LogP contribution in [0.5, 0.6) is 0 Å². The molecule has 3 amide bonds. The molecule has 0 radical (unpaired) electrons. The molecule has 18 heteroatoms. The molecule has 1 aliphatic carbocycles. The van der Waals surface area contributed by atoms with Crippen LogP contribution in [0.25, 0.3) is 21.9 Å². The zero-order valence-electron chi connectivity index (χ0n) is 30.0. The van der Waals surface area contributed by atoms with E-state index in [1.165, 1.54) is 21.4 Å². The fourth-order valence-electron chi connectivity index (χ4n) is 8.25. The summed E-state index contributed by atoms with van der Waals surface area (Å²) < 4.78 is 60.2. The predicted octanol–water partition coefficient (Wildman–Crippen LogP) is 4.37. The summed E-state index contributed by atoms with van der Waals surface area (Å²) in [4.78, 5) is 62.0. The number of piperidine rings is 1. The smallest absolute Gasteiger partial charge is 0.363 e. The number of halogens is 4. The molecule has 8 rings (SSSR count). The van der Waals surface area contributed by atoms with Crippen LogP contribution in [0.4, 0.5) is 29.1 Å². The van der Waals surface area contributed by atoms with Crippen LogP contribution in [-0.4, -0.2) is 89.9 Å². The number of hydrogen-bond acceptors (Lipinski definition) is 9. The summed E-state index contributed by atoms with van der Waals surface area (Å²) in [7, 11) is 3.58. The van der Waals surface area contributed by atoms with Gasteiger partial charge in [-0.2, -0.15) is 18.3 Å². The Morgan fingerprint density at radius 2 is 1.80 bits per heavy atom. The molecule has 1 saturated carbocycles. The molecular weight excluding hydrogens is 724 g/mol. The molecule has 55 heavy (non-hydrogen) atoms. The van der Waals surface area contributed by atoms with Crippen LogP contribution >= 0.6 is 0 Å². The Kier molecular flexibility index (Phi) is 8.97. The zero-order chi connectivity index (χ0) is 38.8. The normalized spacial score (nSPS) is 21.6. The molecular formula is C37H38F4N10O4. The highest BCUT2D eigenvalue weighted by Crippen LogP contribution is 2.38. The lowest BCUT2D eigenvalue weighted by Gasteiger charge is -2.49. The van der Waals surface area contributed by atoms with Gasteiger partial charge in [-0.25, -0.2) is 19.2 Å². The van der Waals surface area contributed by atoms with Crippen molar-refractivity contribution in [1.29, 1.82) is 0 Å². The van der Waals surface area contributed by atoms with E-state index in [9.17, 15) is 32.3 Å². The first-order valence-electron chi connectivity index (χ1n) is 18.1. The van der Waals surface area contributed by atoms with E-state index >= 15 is 4.39 Å². The molecule has 0 bridgehead atoms. The van der Waals surface area contributed by atoms with Crippen molar-refractivity contribution in [2.24, 2.45) is 7.05 Å². The summed E-state index contributed by atoms with van der Waals surface area (Å²) in [5.41, 5.74) is -0.890. The third-order valence-corrected chi connectivity index (χ3v) is 11.0. The topological polar surface area (TPSA) is 152 Å². The second kappa shape index (κ2) is 13.6. The van der Waals surface area contributed by atoms with E-state index in [1.54, 1.807) is 25.2 Å². The van der Waals surface area contributed by atoms with Crippen molar-refractivity contribution in [1.82, 2.24) is 39.1 Å². The van der Waals surface area contributed by atoms with Crippen LogP contribution in [0.2, 0.25) is 0 Å². The minimum absolute atomic E-state index is 0.0996. The number of rotatable bonds is 8. The molecule has 288 valence electrons. The first-order chi connectivity index (χ1) is 26.2. The largest absolute Gasteiger partial charge is 0.433 e. The molecule has 5 aromatic rings. The molecule has 4 aromatic heterocycles. The minimum atomic E-state index is -4.68. The maximum absolute atomic E-state index is 16.2. The highest BCUT2D eigenvalue weighted by atomic mass is 19.4. The van der Waals surface area contributed by atoms with Gasteiger partial charge in [-0.3, -0.25) is 33.5 Å². The average molecular weight is 763 g/mol. The molecule has 3 aliphatic rings. The Bertz CT molecular complexity index is 2390. The Labute approximate surface area is 311 Å². The van der Waals surface area contributed by atoms with Crippen molar-refractivity contribution in [3.63, 3.8) is 0 Å². The predicted molar refractivity (Wildman–Crippen MR) is 193 cm³/mol. The van der Waals surface area contributed by atoms with Crippen molar-refractivity contribution in [2.75, 3.05) is 36.9 Å². The second-order valence-electron chi connectivity index (χ2n) is 14.8. The number of imidazole rings is 1. The molecule has 1 unspecified atom stereocenters. The number of pyridine rings is 2. The lowest BCUT2D eigenvalue weighted by atomic mass is 9.88. The number of anilines is 2. The summed E-state index contributed by atoms with van der Waals surface area (Å²) >= 11 is 0. The lowest BCUT2D eigenvalue weighted by molar-refractivity contribution is -0.141. The summed E-state index contributed by atoms with van der Waals surface area (Å²) in [6, 6.07) is 9.60. The van der Waals surface area contributed by atoms with Crippen LogP contribution < -0.4 is 21.2 Å². The summed E-state index contributed by atoms with van der Waals surface area (Å²) in [5.74, 6) is -1.53. The molecule has 0 spiro atoms. The molecule has 1 aromatic carbocycles. The number of amides is 3. The van der Waals surface area contributed by atoms with Crippen molar-refractivity contribution >= 4 is 51.2 Å². The first kappa shape index (κ1) is 36.3. The van der Waals surface area contributed by atoms with Gasteiger partial charge in [0.05, 0.1) is 42.0 Å². The van der Waals surface area contributed by atoms with Crippen molar-refractivity contribution in [2.45, 2.75) is 68.5 Å². The van der Waals surface area contributed by atoms with Gasteiger partial charge in [0, 0.05) is 37.6 Å². The molecule has 2 saturated heterocycles. The quantitative estimate of drug-likeness (QED) is 0.174. The lowest BCUT2D eigenvalue weighted by Crippen LogP contribution is -2.64. The number of aryl methyl sites for hydroxylation is 1. The number of para-hydroxylation sites is 1. The number of carbonyl (C=O) groups excluding carboxylic acids is 3. The third-order valence-electron chi connectivity index (χ3n) is 11.0. The van der Waals surface area contributed by atoms with Gasteiger partial charge < -0.3 is 15.1 Å². The maximum Gasteiger partial charge on any atom is 0.433 e. The summed E-state index contributed by atoms with van der Waals surface area (Å²) in [6.45, 7) is 0.541. The van der Waals surface area contributed by atoms with E-state index in [0.29, 0.717) is 27.6 Å². The number of fused-ring (bicyclic) bond motifs is 2. The Morgan fingerprint density at radius 1 is 1.05 bits per heavy atom. The second-order valence-corrected chi connectivity index (χ2v) is 14.8. The van der Waals surface area contributed by atoms with Crippen LogP contribution in [0.3, 0.4) is 0 Å². The van der Waals surface area contributed by atoms with Crippen molar-refractivity contribution in [3.8, 4) is 0 Å². The van der Waals surface area contributed by atoms with Gasteiger partial charge in [0.25, 0.3) is 5.91 Å². The molecule has 6 heterocycles. The van der Waals surface area contributed by atoms with Crippen LogP contribution in [0.15, 0.2) is 59.7 Å². The number of hydrogen-bond donors (Lipinski definition) is 2. The summed E-state index contributed by atoms with van der Waals surface area (Å²) in [5, 5.41) is 10.2. The highest BCUT2D eigenvalue weighted by molar-refractivity contribution is 6.03. The maximum atomic E-state index is 16.2. The van der Waals surface area contributed by atoms with E-state index < -0.39 is 35.4 Å². The molecule has 2 aliphatic heterocycles. The van der Waals surface area contributed by atoms with Gasteiger partial charge >= 0.3 is 11.9 Å². The molecule has 2 N–H and O–H groups in total. The molecule has 1 atom stereocenters. The standard InChI is InChI=1S/C37H38F4N10O4/c1-47(18-36(38)19-49(20-36)26-6-4-7-27-32(26)48(2)35(55)51(27)28-13-14-31(52)45-34(28)54)22-9-11-23(12-10-22)50-17-21-15-30(42-16-25(21)46-50)44-33(53)24-5-3-8-29(43-24)37(39,40)41/h3-8,15-17,22-23,28H,9-14,18-20H2,1-2H3,(H,44,53)(H,45,52,54)/t22-,23-,28?. The first-order valence-corrected chi connectivity index (χ1v) is 18.1. The minimum Gasteiger partial charge on any atom is -0.363 e. The zero-order valence-corrected chi connectivity index (χ0v) is 30.0. The highest BCUT2D eigenvalue weighted by Gasteiger charge is 2.46. The number of carbonyl (C=O) groups is 3. The Hall–Kier alpha value is -5.65.